The highest BCUT2D eigenvalue weighted by molar-refractivity contribution is 7.99. The second-order valence-corrected chi connectivity index (χ2v) is 5.88. The first-order chi connectivity index (χ1) is 7.32. The van der Waals surface area contributed by atoms with E-state index in [1.165, 1.54) is 11.8 Å². The van der Waals surface area contributed by atoms with Gasteiger partial charge >= 0.3 is 0 Å². The maximum absolute atomic E-state index is 5.74. The largest absolute Gasteiger partial charge is 0.383 e. The Balaban J connectivity index is 2.86. The molecule has 0 amide bonds. The van der Waals surface area contributed by atoms with Crippen molar-refractivity contribution in [1.29, 1.82) is 0 Å². The first kappa shape index (κ1) is 13.1. The molecular formula is C10H19N5S. The summed E-state index contributed by atoms with van der Waals surface area (Å²) in [5.41, 5.74) is 17.0. The van der Waals surface area contributed by atoms with Crippen molar-refractivity contribution in [3.05, 3.63) is 6.07 Å². The van der Waals surface area contributed by atoms with Gasteiger partial charge in [0.15, 0.2) is 5.16 Å². The fraction of sp³-hybridized carbons (Fsp3) is 0.600. The molecule has 5 nitrogen and oxygen atoms in total. The minimum Gasteiger partial charge on any atom is -0.383 e. The van der Waals surface area contributed by atoms with Gasteiger partial charge in [0.1, 0.15) is 11.6 Å². The quantitative estimate of drug-likeness (QED) is 0.541. The molecule has 1 atom stereocenters. The highest BCUT2D eigenvalue weighted by Gasteiger charge is 2.25. The van der Waals surface area contributed by atoms with Crippen LogP contribution in [0.3, 0.4) is 0 Å². The van der Waals surface area contributed by atoms with Gasteiger partial charge in [-0.3, -0.25) is 0 Å². The number of aromatic nitrogens is 2. The van der Waals surface area contributed by atoms with Crippen LogP contribution in [0, 0.1) is 5.41 Å². The van der Waals surface area contributed by atoms with Gasteiger partial charge in [-0.2, -0.15) is 0 Å². The first-order valence-electron chi connectivity index (χ1n) is 5.09. The lowest BCUT2D eigenvalue weighted by Gasteiger charge is -2.28. The molecular weight excluding hydrogens is 222 g/mol. The van der Waals surface area contributed by atoms with E-state index in [9.17, 15) is 0 Å². The van der Waals surface area contributed by atoms with Crippen molar-refractivity contribution in [3.8, 4) is 0 Å². The van der Waals surface area contributed by atoms with Gasteiger partial charge in [-0.05, 0) is 5.41 Å². The maximum Gasteiger partial charge on any atom is 0.191 e. The zero-order valence-electron chi connectivity index (χ0n) is 9.90. The van der Waals surface area contributed by atoms with Crippen molar-refractivity contribution in [2.45, 2.75) is 31.2 Å². The van der Waals surface area contributed by atoms with Crippen molar-refractivity contribution in [2.24, 2.45) is 11.1 Å². The Kier molecular flexibility index (Phi) is 3.98. The van der Waals surface area contributed by atoms with E-state index in [0.717, 1.165) is 0 Å². The van der Waals surface area contributed by atoms with Gasteiger partial charge in [-0.25, -0.2) is 9.97 Å². The summed E-state index contributed by atoms with van der Waals surface area (Å²) in [5, 5.41) is 0.816. The molecule has 0 aromatic carbocycles. The van der Waals surface area contributed by atoms with E-state index in [4.69, 9.17) is 17.2 Å². The zero-order chi connectivity index (χ0) is 12.3. The van der Waals surface area contributed by atoms with Crippen molar-refractivity contribution >= 4 is 23.4 Å². The standard InChI is InChI=1S/C10H19N5S/c1-10(2,3)6(5-11)16-9-14-7(12)4-8(13)15-9/h4,6H,5,11H2,1-3H3,(H4,12,13,14,15). The smallest absolute Gasteiger partial charge is 0.191 e. The predicted octanol–water partition coefficient (Wildman–Crippen LogP) is 1.11. The summed E-state index contributed by atoms with van der Waals surface area (Å²) < 4.78 is 0. The number of thioether (sulfide) groups is 1. The third kappa shape index (κ3) is 3.53. The average molecular weight is 241 g/mol. The Morgan fingerprint density at radius 2 is 1.75 bits per heavy atom. The molecule has 0 fully saturated rings. The Morgan fingerprint density at radius 1 is 1.25 bits per heavy atom. The molecule has 0 aliphatic heterocycles. The van der Waals surface area contributed by atoms with E-state index < -0.39 is 0 Å². The summed E-state index contributed by atoms with van der Waals surface area (Å²) in [5.74, 6) is 0.777. The molecule has 0 aliphatic carbocycles. The molecule has 0 saturated heterocycles. The maximum atomic E-state index is 5.74. The SMILES string of the molecule is CC(C)(C)C(CN)Sc1nc(N)cc(N)n1. The molecule has 1 rings (SSSR count). The lowest BCUT2D eigenvalue weighted by molar-refractivity contribution is 0.398. The Hall–Kier alpha value is -1.01. The molecule has 90 valence electrons. The van der Waals surface area contributed by atoms with E-state index in [1.54, 1.807) is 6.07 Å². The summed E-state index contributed by atoms with van der Waals surface area (Å²) in [4.78, 5) is 8.26. The Morgan fingerprint density at radius 3 is 2.12 bits per heavy atom. The van der Waals surface area contributed by atoms with Crippen LogP contribution in [-0.2, 0) is 0 Å². The van der Waals surface area contributed by atoms with Gasteiger partial charge in [-0.1, -0.05) is 32.5 Å². The van der Waals surface area contributed by atoms with Crippen LogP contribution in [0.5, 0.6) is 0 Å². The van der Waals surface area contributed by atoms with Crippen LogP contribution in [-0.4, -0.2) is 21.8 Å². The van der Waals surface area contributed by atoms with Crippen molar-refractivity contribution in [1.82, 2.24) is 9.97 Å². The van der Waals surface area contributed by atoms with Gasteiger partial charge in [-0.15, -0.1) is 0 Å². The lowest BCUT2D eigenvalue weighted by atomic mass is 9.92. The molecule has 16 heavy (non-hydrogen) atoms. The van der Waals surface area contributed by atoms with Gasteiger partial charge in [0, 0.05) is 17.9 Å². The number of rotatable bonds is 3. The second kappa shape index (κ2) is 4.88. The number of hydrogen-bond acceptors (Lipinski definition) is 6. The van der Waals surface area contributed by atoms with Crippen molar-refractivity contribution < 1.29 is 0 Å². The fourth-order valence-corrected chi connectivity index (χ4v) is 2.24. The Labute approximate surface area is 100 Å². The van der Waals surface area contributed by atoms with Crippen molar-refractivity contribution in [3.63, 3.8) is 0 Å². The highest BCUT2D eigenvalue weighted by Crippen LogP contribution is 2.33. The molecule has 1 heterocycles. The molecule has 6 heteroatoms. The van der Waals surface area contributed by atoms with Crippen molar-refractivity contribution in [2.75, 3.05) is 18.0 Å². The zero-order valence-corrected chi connectivity index (χ0v) is 10.7. The van der Waals surface area contributed by atoms with E-state index >= 15 is 0 Å². The predicted molar refractivity (Wildman–Crippen MR) is 69.0 cm³/mol. The van der Waals surface area contributed by atoms with E-state index in [-0.39, 0.29) is 10.7 Å². The molecule has 1 unspecified atom stereocenters. The number of nitrogens with zero attached hydrogens (tertiary/aromatic N) is 2. The molecule has 1 aromatic heterocycles. The van der Waals surface area contributed by atoms with Gasteiger partial charge in [0.25, 0.3) is 0 Å². The van der Waals surface area contributed by atoms with Gasteiger partial charge < -0.3 is 17.2 Å². The van der Waals surface area contributed by atoms with Crippen LogP contribution in [0.25, 0.3) is 0 Å². The highest BCUT2D eigenvalue weighted by atomic mass is 32.2. The minimum absolute atomic E-state index is 0.0855. The summed E-state index contributed by atoms with van der Waals surface area (Å²) in [7, 11) is 0. The summed E-state index contributed by atoms with van der Waals surface area (Å²) in [6.07, 6.45) is 0. The number of hydrogen-bond donors (Lipinski definition) is 3. The number of nitrogen functional groups attached to an aromatic ring is 2. The van der Waals surface area contributed by atoms with E-state index in [2.05, 4.69) is 30.7 Å². The molecule has 0 saturated carbocycles. The monoisotopic (exact) mass is 241 g/mol. The van der Waals surface area contributed by atoms with Crippen LogP contribution in [0.4, 0.5) is 11.6 Å². The first-order valence-corrected chi connectivity index (χ1v) is 5.97. The third-order valence-corrected chi connectivity index (χ3v) is 3.75. The van der Waals surface area contributed by atoms with Crippen LogP contribution >= 0.6 is 11.8 Å². The van der Waals surface area contributed by atoms with E-state index in [0.29, 0.717) is 23.3 Å². The number of nitrogens with two attached hydrogens (primary N) is 3. The van der Waals surface area contributed by atoms with Crippen LogP contribution < -0.4 is 17.2 Å². The number of anilines is 2. The van der Waals surface area contributed by atoms with Crippen LogP contribution in [0.1, 0.15) is 20.8 Å². The minimum atomic E-state index is 0.0855. The molecule has 0 aliphatic rings. The molecule has 0 radical (unpaired) electrons. The Bertz CT molecular complexity index is 340. The molecule has 6 N–H and O–H groups in total. The van der Waals surface area contributed by atoms with Crippen LogP contribution in [0.2, 0.25) is 0 Å². The van der Waals surface area contributed by atoms with Crippen LogP contribution in [0.15, 0.2) is 11.2 Å². The second-order valence-electron chi connectivity index (χ2n) is 4.71. The van der Waals surface area contributed by atoms with E-state index in [1.807, 2.05) is 0 Å². The summed E-state index contributed by atoms with van der Waals surface area (Å²) in [6.45, 7) is 6.96. The summed E-state index contributed by atoms with van der Waals surface area (Å²) in [6, 6.07) is 1.54. The molecule has 1 aromatic rings. The molecule has 0 bridgehead atoms. The fourth-order valence-electron chi connectivity index (χ4n) is 1.22. The average Bonchev–Trinajstić information content (AvgIpc) is 2.10. The lowest BCUT2D eigenvalue weighted by Crippen LogP contribution is -2.31. The van der Waals surface area contributed by atoms with Gasteiger partial charge in [0.2, 0.25) is 0 Å². The molecule has 0 spiro atoms. The normalized spacial score (nSPS) is 13.8. The van der Waals surface area contributed by atoms with Gasteiger partial charge in [0.05, 0.1) is 0 Å². The summed E-state index contributed by atoms with van der Waals surface area (Å²) >= 11 is 1.52. The topological polar surface area (TPSA) is 104 Å². The third-order valence-electron chi connectivity index (χ3n) is 2.17.